The van der Waals surface area contributed by atoms with Crippen molar-refractivity contribution < 1.29 is 15.1 Å². The first-order chi connectivity index (χ1) is 8.34. The normalized spacial score (nSPS) is 13.6. The predicted molar refractivity (Wildman–Crippen MR) is 64.1 cm³/mol. The first kappa shape index (κ1) is 14.6. The number of β-amino-alcohol motifs (C(OH)–C–C–N with tert-alkyl or cyclic N) is 1. The first-order valence-electron chi connectivity index (χ1n) is 5.55. The van der Waals surface area contributed by atoms with Crippen molar-refractivity contribution in [2.45, 2.75) is 32.0 Å². The zero-order valence-electron chi connectivity index (χ0n) is 10.4. The highest BCUT2D eigenvalue weighted by Gasteiger charge is 2.18. The van der Waals surface area contributed by atoms with Gasteiger partial charge in [0, 0.05) is 12.1 Å². The fourth-order valence-electron chi connectivity index (χ4n) is 1.28. The summed E-state index contributed by atoms with van der Waals surface area (Å²) in [6, 6.07) is 0. The van der Waals surface area contributed by atoms with Crippen molar-refractivity contribution in [3.63, 3.8) is 0 Å². The van der Waals surface area contributed by atoms with E-state index in [0.29, 0.717) is 0 Å². The summed E-state index contributed by atoms with van der Waals surface area (Å²) in [4.78, 5) is 9.91. The summed E-state index contributed by atoms with van der Waals surface area (Å²) >= 11 is 0. The molecule has 0 spiro atoms. The van der Waals surface area contributed by atoms with Gasteiger partial charge in [-0.1, -0.05) is 0 Å². The summed E-state index contributed by atoms with van der Waals surface area (Å²) in [5.74, 6) is 0. The zero-order chi connectivity index (χ0) is 13.8. The molecular formula is C10H18N4O4. The van der Waals surface area contributed by atoms with Crippen molar-refractivity contribution in [3.05, 3.63) is 22.5 Å². The van der Waals surface area contributed by atoms with E-state index in [1.807, 2.05) is 0 Å². The van der Waals surface area contributed by atoms with E-state index >= 15 is 0 Å². The fourth-order valence-corrected chi connectivity index (χ4v) is 1.28. The molecule has 0 saturated carbocycles. The molecule has 1 rings (SSSR count). The topological polar surface area (TPSA) is 113 Å². The van der Waals surface area contributed by atoms with Crippen LogP contribution in [0.5, 0.6) is 0 Å². The maximum Gasteiger partial charge on any atom is 0.306 e. The number of nitro groups is 1. The van der Waals surface area contributed by atoms with Gasteiger partial charge in [0.1, 0.15) is 12.4 Å². The van der Waals surface area contributed by atoms with E-state index in [-0.39, 0.29) is 25.4 Å². The van der Waals surface area contributed by atoms with Crippen molar-refractivity contribution >= 4 is 5.69 Å². The van der Waals surface area contributed by atoms with Crippen molar-refractivity contribution in [2.24, 2.45) is 0 Å². The highest BCUT2D eigenvalue weighted by atomic mass is 16.6. The molecule has 1 aromatic rings. The molecule has 0 saturated heterocycles. The van der Waals surface area contributed by atoms with Crippen molar-refractivity contribution in [1.82, 2.24) is 15.1 Å². The quantitative estimate of drug-likeness (QED) is 0.449. The van der Waals surface area contributed by atoms with Crippen LogP contribution < -0.4 is 5.32 Å². The lowest BCUT2D eigenvalue weighted by atomic mass is 10.1. The second kappa shape index (κ2) is 5.89. The van der Waals surface area contributed by atoms with Gasteiger partial charge in [0.15, 0.2) is 0 Å². The highest BCUT2D eigenvalue weighted by Crippen LogP contribution is 2.08. The maximum absolute atomic E-state index is 10.4. The lowest BCUT2D eigenvalue weighted by Crippen LogP contribution is -2.46. The lowest BCUT2D eigenvalue weighted by molar-refractivity contribution is -0.385. The van der Waals surface area contributed by atoms with Crippen LogP contribution in [0.3, 0.4) is 0 Å². The van der Waals surface area contributed by atoms with Crippen molar-refractivity contribution in [3.8, 4) is 0 Å². The molecule has 8 heteroatoms. The number of rotatable bonds is 7. The molecule has 18 heavy (non-hydrogen) atoms. The second-order valence-corrected chi connectivity index (χ2v) is 4.75. The largest absolute Gasteiger partial charge is 0.394 e. The monoisotopic (exact) mass is 258 g/mol. The van der Waals surface area contributed by atoms with Gasteiger partial charge in [-0.3, -0.25) is 14.8 Å². The van der Waals surface area contributed by atoms with Crippen LogP contribution in [0, 0.1) is 10.1 Å². The summed E-state index contributed by atoms with van der Waals surface area (Å²) in [7, 11) is 0. The SMILES string of the molecule is CC(C)(CO)NCC(O)Cn1cc([N+](=O)[O-])cn1. The Hall–Kier alpha value is -1.51. The van der Waals surface area contributed by atoms with Crippen LogP contribution in [0.25, 0.3) is 0 Å². The number of aliphatic hydroxyl groups excluding tert-OH is 2. The van der Waals surface area contributed by atoms with Gasteiger partial charge in [-0.05, 0) is 13.8 Å². The molecule has 0 bridgehead atoms. The maximum atomic E-state index is 10.4. The molecule has 0 amide bonds. The number of hydrogen-bond acceptors (Lipinski definition) is 6. The zero-order valence-corrected chi connectivity index (χ0v) is 10.4. The smallest absolute Gasteiger partial charge is 0.306 e. The van der Waals surface area contributed by atoms with Gasteiger partial charge in [0.25, 0.3) is 0 Å². The summed E-state index contributed by atoms with van der Waals surface area (Å²) in [6.45, 7) is 3.98. The molecule has 0 aliphatic heterocycles. The van der Waals surface area contributed by atoms with E-state index in [0.717, 1.165) is 6.20 Å². The van der Waals surface area contributed by atoms with E-state index in [1.165, 1.54) is 10.9 Å². The van der Waals surface area contributed by atoms with E-state index in [9.17, 15) is 15.2 Å². The molecule has 8 nitrogen and oxygen atoms in total. The Morgan fingerprint density at radius 2 is 2.33 bits per heavy atom. The molecule has 0 radical (unpaired) electrons. The van der Waals surface area contributed by atoms with Crippen LogP contribution in [0.15, 0.2) is 12.4 Å². The number of aliphatic hydroxyl groups is 2. The standard InChI is InChI=1S/C10H18N4O4/c1-10(2,7-15)11-4-9(16)6-13-5-8(3-12-13)14(17)18/h3,5,9,11,15-16H,4,6-7H2,1-2H3. The predicted octanol–water partition coefficient (Wildman–Crippen LogP) is -0.487. The Morgan fingerprint density at radius 1 is 1.67 bits per heavy atom. The lowest BCUT2D eigenvalue weighted by Gasteiger charge is -2.25. The van der Waals surface area contributed by atoms with E-state index in [1.54, 1.807) is 13.8 Å². The van der Waals surface area contributed by atoms with Crippen molar-refractivity contribution in [2.75, 3.05) is 13.2 Å². The van der Waals surface area contributed by atoms with Gasteiger partial charge >= 0.3 is 5.69 Å². The van der Waals surface area contributed by atoms with Gasteiger partial charge in [0.05, 0.1) is 24.2 Å². The molecule has 1 heterocycles. The number of nitrogens with one attached hydrogen (secondary N) is 1. The van der Waals surface area contributed by atoms with E-state index in [2.05, 4.69) is 10.4 Å². The summed E-state index contributed by atoms with van der Waals surface area (Å²) in [6.07, 6.45) is 1.66. The molecule has 0 fully saturated rings. The van der Waals surface area contributed by atoms with Crippen LogP contribution in [0.1, 0.15) is 13.8 Å². The fraction of sp³-hybridized carbons (Fsp3) is 0.700. The Balaban J connectivity index is 2.44. The second-order valence-electron chi connectivity index (χ2n) is 4.75. The molecule has 1 unspecified atom stereocenters. The minimum absolute atomic E-state index is 0.0486. The third-order valence-electron chi connectivity index (χ3n) is 2.44. The van der Waals surface area contributed by atoms with E-state index in [4.69, 9.17) is 5.11 Å². The van der Waals surface area contributed by atoms with E-state index < -0.39 is 16.6 Å². The van der Waals surface area contributed by atoms with Crippen LogP contribution in [-0.2, 0) is 6.54 Å². The van der Waals surface area contributed by atoms with Gasteiger partial charge in [-0.2, -0.15) is 5.10 Å². The molecule has 102 valence electrons. The molecule has 0 aromatic carbocycles. The number of hydrogen-bond donors (Lipinski definition) is 3. The van der Waals surface area contributed by atoms with Gasteiger partial charge in [-0.25, -0.2) is 0 Å². The van der Waals surface area contributed by atoms with Crippen LogP contribution >= 0.6 is 0 Å². The summed E-state index contributed by atoms with van der Waals surface area (Å²) < 4.78 is 1.32. The molecule has 1 atom stereocenters. The minimum atomic E-state index is -0.740. The molecule has 3 N–H and O–H groups in total. The Kier molecular flexibility index (Phi) is 4.76. The number of nitrogens with zero attached hydrogens (tertiary/aromatic N) is 3. The average Bonchev–Trinajstić information content (AvgIpc) is 2.75. The van der Waals surface area contributed by atoms with Crippen LogP contribution in [0.4, 0.5) is 5.69 Å². The third-order valence-corrected chi connectivity index (χ3v) is 2.44. The Bertz CT molecular complexity index is 404. The summed E-state index contributed by atoms with van der Waals surface area (Å²) in [5.41, 5.74) is -0.581. The van der Waals surface area contributed by atoms with Crippen LogP contribution in [0.2, 0.25) is 0 Å². The third kappa shape index (κ3) is 4.40. The van der Waals surface area contributed by atoms with Gasteiger partial charge in [-0.15, -0.1) is 0 Å². The molecule has 0 aliphatic carbocycles. The van der Waals surface area contributed by atoms with Crippen LogP contribution in [-0.4, -0.2) is 49.7 Å². The molecule has 0 aliphatic rings. The Morgan fingerprint density at radius 3 is 2.83 bits per heavy atom. The van der Waals surface area contributed by atoms with Crippen molar-refractivity contribution in [1.29, 1.82) is 0 Å². The number of aromatic nitrogens is 2. The average molecular weight is 258 g/mol. The summed E-state index contributed by atoms with van der Waals surface area (Å²) in [5, 5.41) is 36.0. The first-order valence-corrected chi connectivity index (χ1v) is 5.55. The molecule has 1 aromatic heterocycles. The molecular weight excluding hydrogens is 240 g/mol. The highest BCUT2D eigenvalue weighted by molar-refractivity contribution is 5.20. The van der Waals surface area contributed by atoms with Gasteiger partial charge in [0.2, 0.25) is 0 Å². The Labute approximate surface area is 104 Å². The minimum Gasteiger partial charge on any atom is -0.394 e. The van der Waals surface area contributed by atoms with Gasteiger partial charge < -0.3 is 15.5 Å².